The summed E-state index contributed by atoms with van der Waals surface area (Å²) in [6.45, 7) is 1.11. The molecule has 0 spiro atoms. The van der Waals surface area contributed by atoms with Gasteiger partial charge in [0.15, 0.2) is 0 Å². The highest BCUT2D eigenvalue weighted by atomic mass is 16.5. The highest BCUT2D eigenvalue weighted by Crippen LogP contribution is 2.16. The number of fused-ring (bicyclic) bond motifs is 1. The van der Waals surface area contributed by atoms with E-state index in [0.717, 1.165) is 6.42 Å². The van der Waals surface area contributed by atoms with Crippen LogP contribution in [-0.2, 0) is 4.74 Å². The third kappa shape index (κ3) is 4.15. The van der Waals surface area contributed by atoms with Gasteiger partial charge >= 0.3 is 0 Å². The van der Waals surface area contributed by atoms with E-state index in [4.69, 9.17) is 9.47 Å². The third-order valence-corrected chi connectivity index (χ3v) is 4.16. The predicted molar refractivity (Wildman–Crippen MR) is 103 cm³/mol. The first-order valence-corrected chi connectivity index (χ1v) is 8.57. The van der Waals surface area contributed by atoms with Gasteiger partial charge in [-0.1, -0.05) is 6.07 Å². The molecule has 27 heavy (non-hydrogen) atoms. The fourth-order valence-electron chi connectivity index (χ4n) is 2.73. The van der Waals surface area contributed by atoms with Crippen molar-refractivity contribution < 1.29 is 14.3 Å². The van der Waals surface area contributed by atoms with Crippen LogP contribution in [0.25, 0.3) is 16.6 Å². The topological polar surface area (TPSA) is 82.5 Å². The molecule has 7 nitrogen and oxygen atoms in total. The van der Waals surface area contributed by atoms with Crippen molar-refractivity contribution in [2.75, 3.05) is 27.4 Å². The number of nitrogens with zero attached hydrogens (tertiary/aromatic N) is 2. The molecule has 1 aromatic heterocycles. The van der Waals surface area contributed by atoms with Crippen LogP contribution in [0.5, 0.6) is 5.75 Å². The molecule has 140 valence electrons. The van der Waals surface area contributed by atoms with Gasteiger partial charge in [-0.25, -0.2) is 4.98 Å². The Morgan fingerprint density at radius 1 is 1.19 bits per heavy atom. The number of carbonyl (C=O) groups is 1. The van der Waals surface area contributed by atoms with Crippen molar-refractivity contribution in [3.05, 3.63) is 64.7 Å². The molecule has 0 saturated carbocycles. The summed E-state index contributed by atoms with van der Waals surface area (Å²) in [7, 11) is 3.19. The Morgan fingerprint density at radius 2 is 2.04 bits per heavy atom. The van der Waals surface area contributed by atoms with E-state index in [1.165, 1.54) is 10.9 Å². The average Bonchev–Trinajstić information content (AvgIpc) is 2.71. The normalized spacial score (nSPS) is 10.7. The number of aromatic nitrogens is 2. The Balaban J connectivity index is 1.89. The second-order valence-corrected chi connectivity index (χ2v) is 5.96. The maximum absolute atomic E-state index is 12.8. The second kappa shape index (κ2) is 8.46. The molecule has 3 rings (SSSR count). The lowest BCUT2D eigenvalue weighted by molar-refractivity contribution is 0.0948. The first-order valence-electron chi connectivity index (χ1n) is 8.57. The average molecular weight is 367 g/mol. The Morgan fingerprint density at radius 3 is 2.81 bits per heavy atom. The van der Waals surface area contributed by atoms with Gasteiger partial charge in [-0.2, -0.15) is 0 Å². The summed E-state index contributed by atoms with van der Waals surface area (Å²) >= 11 is 0. The zero-order valence-corrected chi connectivity index (χ0v) is 15.3. The number of hydrogen-bond donors (Lipinski definition) is 1. The fourth-order valence-corrected chi connectivity index (χ4v) is 2.73. The highest BCUT2D eigenvalue weighted by Gasteiger charge is 2.10. The van der Waals surface area contributed by atoms with E-state index >= 15 is 0 Å². The van der Waals surface area contributed by atoms with Crippen LogP contribution >= 0.6 is 0 Å². The minimum Gasteiger partial charge on any atom is -0.497 e. The summed E-state index contributed by atoms with van der Waals surface area (Å²) in [4.78, 5) is 29.4. The molecule has 0 aliphatic rings. The number of nitrogens with one attached hydrogen (secondary N) is 1. The standard InChI is InChI=1S/C20H21N3O4/c1-26-10-4-9-21-19(24)14-7-8-17-18(11-14)22-13-23(20(17)25)15-5-3-6-16(12-15)27-2/h3,5-8,11-13H,4,9-10H2,1-2H3,(H,21,24). The van der Waals surface area contributed by atoms with Crippen molar-refractivity contribution in [3.8, 4) is 11.4 Å². The lowest BCUT2D eigenvalue weighted by Gasteiger charge is -2.09. The molecular formula is C20H21N3O4. The van der Waals surface area contributed by atoms with Crippen LogP contribution in [0.2, 0.25) is 0 Å². The van der Waals surface area contributed by atoms with Gasteiger partial charge < -0.3 is 14.8 Å². The predicted octanol–water partition coefficient (Wildman–Crippen LogP) is 2.16. The van der Waals surface area contributed by atoms with Crippen LogP contribution in [0.3, 0.4) is 0 Å². The van der Waals surface area contributed by atoms with Gasteiger partial charge in [0.2, 0.25) is 0 Å². The first-order chi connectivity index (χ1) is 13.1. The van der Waals surface area contributed by atoms with Gasteiger partial charge in [0.1, 0.15) is 12.1 Å². The van der Waals surface area contributed by atoms with Crippen LogP contribution in [0.4, 0.5) is 0 Å². The molecule has 0 aliphatic carbocycles. The molecule has 3 aromatic rings. The molecule has 7 heteroatoms. The number of rotatable bonds is 7. The summed E-state index contributed by atoms with van der Waals surface area (Å²) in [5, 5.41) is 3.26. The van der Waals surface area contributed by atoms with E-state index in [9.17, 15) is 9.59 Å². The summed E-state index contributed by atoms with van der Waals surface area (Å²) in [5.74, 6) is 0.451. The maximum Gasteiger partial charge on any atom is 0.265 e. The molecule has 0 bridgehead atoms. The van der Waals surface area contributed by atoms with Crippen molar-refractivity contribution in [2.24, 2.45) is 0 Å². The number of hydrogen-bond acceptors (Lipinski definition) is 5. The third-order valence-electron chi connectivity index (χ3n) is 4.16. The Labute approximate surface area is 156 Å². The Bertz CT molecular complexity index is 1010. The number of benzene rings is 2. The summed E-state index contributed by atoms with van der Waals surface area (Å²) in [6, 6.07) is 12.1. The molecule has 0 atom stereocenters. The van der Waals surface area contributed by atoms with E-state index in [1.807, 2.05) is 6.07 Å². The van der Waals surface area contributed by atoms with E-state index in [-0.39, 0.29) is 11.5 Å². The molecule has 0 saturated heterocycles. The fraction of sp³-hybridized carbons (Fsp3) is 0.250. The van der Waals surface area contributed by atoms with Gasteiger partial charge in [0, 0.05) is 31.9 Å². The van der Waals surface area contributed by atoms with Crippen LogP contribution in [0.1, 0.15) is 16.8 Å². The van der Waals surface area contributed by atoms with E-state index < -0.39 is 0 Å². The Hall–Kier alpha value is -3.19. The number of carbonyl (C=O) groups excluding carboxylic acids is 1. The molecule has 1 N–H and O–H groups in total. The van der Waals surface area contributed by atoms with Crippen LogP contribution < -0.4 is 15.6 Å². The Kier molecular flexibility index (Phi) is 5.83. The van der Waals surface area contributed by atoms with Gasteiger partial charge in [0.25, 0.3) is 11.5 Å². The minimum atomic E-state index is -0.208. The maximum atomic E-state index is 12.8. The second-order valence-electron chi connectivity index (χ2n) is 5.96. The van der Waals surface area contributed by atoms with E-state index in [1.54, 1.807) is 50.6 Å². The van der Waals surface area contributed by atoms with Gasteiger partial charge in [-0.15, -0.1) is 0 Å². The minimum absolute atomic E-state index is 0.202. The molecule has 0 aliphatic heterocycles. The summed E-state index contributed by atoms with van der Waals surface area (Å²) < 4.78 is 11.6. The summed E-state index contributed by atoms with van der Waals surface area (Å²) in [6.07, 6.45) is 2.19. The zero-order chi connectivity index (χ0) is 19.2. The largest absolute Gasteiger partial charge is 0.497 e. The van der Waals surface area contributed by atoms with E-state index in [2.05, 4.69) is 10.3 Å². The lowest BCUT2D eigenvalue weighted by atomic mass is 10.1. The zero-order valence-electron chi connectivity index (χ0n) is 15.3. The molecule has 0 fully saturated rings. The van der Waals surface area contributed by atoms with Crippen LogP contribution in [0, 0.1) is 0 Å². The lowest BCUT2D eigenvalue weighted by Crippen LogP contribution is -2.25. The van der Waals surface area contributed by atoms with Crippen molar-refractivity contribution in [1.29, 1.82) is 0 Å². The van der Waals surface area contributed by atoms with Gasteiger partial charge in [-0.05, 0) is 36.8 Å². The smallest absolute Gasteiger partial charge is 0.265 e. The van der Waals surface area contributed by atoms with Crippen molar-refractivity contribution >= 4 is 16.8 Å². The van der Waals surface area contributed by atoms with Gasteiger partial charge in [0.05, 0.1) is 23.7 Å². The molecular weight excluding hydrogens is 346 g/mol. The van der Waals surface area contributed by atoms with Crippen molar-refractivity contribution in [3.63, 3.8) is 0 Å². The van der Waals surface area contributed by atoms with Crippen molar-refractivity contribution in [1.82, 2.24) is 14.9 Å². The molecule has 1 amide bonds. The molecule has 1 heterocycles. The van der Waals surface area contributed by atoms with Crippen molar-refractivity contribution in [2.45, 2.75) is 6.42 Å². The number of amides is 1. The van der Waals surface area contributed by atoms with Gasteiger partial charge in [-0.3, -0.25) is 14.2 Å². The van der Waals surface area contributed by atoms with Crippen LogP contribution in [0.15, 0.2) is 53.6 Å². The number of ether oxygens (including phenoxy) is 2. The summed E-state index contributed by atoms with van der Waals surface area (Å²) in [5.41, 5.74) is 1.39. The highest BCUT2D eigenvalue weighted by molar-refractivity contribution is 5.97. The molecule has 2 aromatic carbocycles. The molecule has 0 unspecified atom stereocenters. The SMILES string of the molecule is COCCCNC(=O)c1ccc2c(=O)n(-c3cccc(OC)c3)cnc2c1. The van der Waals surface area contributed by atoms with Crippen LogP contribution in [-0.4, -0.2) is 42.8 Å². The first kappa shape index (κ1) is 18.6. The quantitative estimate of drug-likeness (QED) is 0.647. The van der Waals surface area contributed by atoms with E-state index in [0.29, 0.717) is 41.1 Å². The number of methoxy groups -OCH3 is 2. The molecule has 0 radical (unpaired) electrons. The monoisotopic (exact) mass is 367 g/mol.